The highest BCUT2D eigenvalue weighted by Crippen LogP contribution is 2.18. The Hall–Kier alpha value is -1.13. The van der Waals surface area contributed by atoms with Crippen LogP contribution in [0.5, 0.6) is 0 Å². The number of hydrogen-bond donors (Lipinski definition) is 1. The molecule has 5 heteroatoms. The highest BCUT2D eigenvalue weighted by atomic mass is 35.5. The molecule has 0 spiro atoms. The fourth-order valence-electron chi connectivity index (χ4n) is 2.50. The van der Waals surface area contributed by atoms with Gasteiger partial charge in [-0.1, -0.05) is 11.6 Å². The van der Waals surface area contributed by atoms with Gasteiger partial charge in [-0.15, -0.1) is 0 Å². The van der Waals surface area contributed by atoms with Gasteiger partial charge in [0.05, 0.1) is 5.56 Å². The molecule has 1 aliphatic rings. The van der Waals surface area contributed by atoms with E-state index >= 15 is 0 Å². The molecule has 1 N–H and O–H groups in total. The number of carbonyl (C=O) groups is 1. The summed E-state index contributed by atoms with van der Waals surface area (Å²) in [5, 5.41) is 3.17. The van der Waals surface area contributed by atoms with Crippen LogP contribution < -0.4 is 5.32 Å². The van der Waals surface area contributed by atoms with Crippen LogP contribution in [0, 0.1) is 11.7 Å². The van der Waals surface area contributed by atoms with Gasteiger partial charge in [0.1, 0.15) is 5.82 Å². The van der Waals surface area contributed by atoms with Crippen LogP contribution in [0.3, 0.4) is 0 Å². The summed E-state index contributed by atoms with van der Waals surface area (Å²) in [6, 6.07) is 4.54. The lowest BCUT2D eigenvalue weighted by atomic mass is 10.1. The van der Waals surface area contributed by atoms with Gasteiger partial charge in [-0.2, -0.15) is 0 Å². The monoisotopic (exact) mass is 298 g/mol. The molecule has 110 valence electrons. The Bertz CT molecular complexity index is 493. The first-order valence-electron chi connectivity index (χ1n) is 6.94. The highest BCUT2D eigenvalue weighted by molar-refractivity contribution is 6.30. The van der Waals surface area contributed by atoms with Gasteiger partial charge in [-0.3, -0.25) is 4.79 Å². The van der Waals surface area contributed by atoms with Gasteiger partial charge in [0.15, 0.2) is 0 Å². The summed E-state index contributed by atoms with van der Waals surface area (Å²) in [4.78, 5) is 14.4. The van der Waals surface area contributed by atoms with Gasteiger partial charge in [-0.05, 0) is 50.9 Å². The number of nitrogens with zero attached hydrogens (tertiary/aromatic N) is 1. The molecule has 2 rings (SSSR count). The van der Waals surface area contributed by atoms with Gasteiger partial charge < -0.3 is 10.2 Å². The minimum Gasteiger partial charge on any atom is -0.352 e. The number of carbonyl (C=O) groups excluding carboxylic acids is 1. The summed E-state index contributed by atoms with van der Waals surface area (Å²) < 4.78 is 13.6. The zero-order valence-electron chi connectivity index (χ0n) is 11.8. The molecule has 1 unspecified atom stereocenters. The lowest BCUT2D eigenvalue weighted by molar-refractivity contribution is 0.0943. The van der Waals surface area contributed by atoms with Crippen LogP contribution in [-0.4, -0.2) is 36.5 Å². The molecule has 1 aliphatic heterocycles. The van der Waals surface area contributed by atoms with Crippen molar-refractivity contribution in [1.82, 2.24) is 10.2 Å². The predicted octanol–water partition coefficient (Wildman–Crippen LogP) is 2.94. The molecule has 0 saturated carbocycles. The fourth-order valence-corrected chi connectivity index (χ4v) is 2.67. The molecule has 3 nitrogen and oxygen atoms in total. The minimum atomic E-state index is -0.540. The Labute approximate surface area is 124 Å². The minimum absolute atomic E-state index is 0.0104. The van der Waals surface area contributed by atoms with E-state index in [2.05, 4.69) is 24.1 Å². The van der Waals surface area contributed by atoms with E-state index in [-0.39, 0.29) is 5.56 Å². The predicted molar refractivity (Wildman–Crippen MR) is 78.6 cm³/mol. The molecule has 0 radical (unpaired) electrons. The van der Waals surface area contributed by atoms with Gasteiger partial charge in [0, 0.05) is 24.2 Å². The molecule has 0 aromatic heterocycles. The van der Waals surface area contributed by atoms with Gasteiger partial charge in [0.2, 0.25) is 0 Å². The van der Waals surface area contributed by atoms with Gasteiger partial charge >= 0.3 is 0 Å². The van der Waals surface area contributed by atoms with Crippen molar-refractivity contribution in [2.24, 2.45) is 5.92 Å². The summed E-state index contributed by atoms with van der Waals surface area (Å²) in [5.41, 5.74) is 0.0104. The van der Waals surface area contributed by atoms with Crippen LogP contribution in [-0.2, 0) is 0 Å². The normalized spacial score (nSPS) is 19.6. The number of benzene rings is 1. The lowest BCUT2D eigenvalue weighted by Gasteiger charge is -2.20. The largest absolute Gasteiger partial charge is 0.352 e. The zero-order chi connectivity index (χ0) is 14.7. The second-order valence-corrected chi connectivity index (χ2v) is 6.01. The first-order valence-corrected chi connectivity index (χ1v) is 7.32. The van der Waals surface area contributed by atoms with Crippen molar-refractivity contribution in [3.8, 4) is 0 Å². The summed E-state index contributed by atoms with van der Waals surface area (Å²) in [6.07, 6.45) is 1.07. The van der Waals surface area contributed by atoms with Gasteiger partial charge in [0.25, 0.3) is 5.91 Å². The third-order valence-corrected chi connectivity index (χ3v) is 4.01. The van der Waals surface area contributed by atoms with Crippen LogP contribution in [0.1, 0.15) is 30.6 Å². The van der Waals surface area contributed by atoms with E-state index in [9.17, 15) is 9.18 Å². The fraction of sp³-hybridized carbons (Fsp3) is 0.533. The number of nitrogens with one attached hydrogen (secondary N) is 1. The molecule has 1 heterocycles. The molecule has 1 saturated heterocycles. The van der Waals surface area contributed by atoms with Crippen molar-refractivity contribution in [2.75, 3.05) is 19.6 Å². The number of amides is 1. The van der Waals surface area contributed by atoms with E-state index in [0.717, 1.165) is 19.5 Å². The molecule has 0 bridgehead atoms. The van der Waals surface area contributed by atoms with Crippen LogP contribution >= 0.6 is 11.6 Å². The lowest BCUT2D eigenvalue weighted by Crippen LogP contribution is -2.33. The Balaban J connectivity index is 1.88. The third-order valence-electron chi connectivity index (χ3n) is 3.77. The molecule has 1 fully saturated rings. The van der Waals surface area contributed by atoms with Crippen LogP contribution in [0.15, 0.2) is 18.2 Å². The molecule has 1 aromatic carbocycles. The average Bonchev–Trinajstić information content (AvgIpc) is 2.88. The van der Waals surface area contributed by atoms with Crippen molar-refractivity contribution in [3.05, 3.63) is 34.6 Å². The number of halogens is 2. The van der Waals surface area contributed by atoms with E-state index in [4.69, 9.17) is 11.6 Å². The van der Waals surface area contributed by atoms with E-state index < -0.39 is 11.7 Å². The first-order chi connectivity index (χ1) is 9.47. The maximum absolute atomic E-state index is 13.6. The molecule has 20 heavy (non-hydrogen) atoms. The Kier molecular flexibility index (Phi) is 5.00. The van der Waals surface area contributed by atoms with E-state index in [1.807, 2.05) is 0 Å². The first kappa shape index (κ1) is 15.3. The summed E-state index contributed by atoms with van der Waals surface area (Å²) in [5.74, 6) is -0.501. The Morgan fingerprint density at radius 2 is 2.30 bits per heavy atom. The van der Waals surface area contributed by atoms with E-state index in [1.54, 1.807) is 0 Å². The Morgan fingerprint density at radius 3 is 2.95 bits per heavy atom. The number of likely N-dealkylation sites (tertiary alicyclic amines) is 1. The van der Waals surface area contributed by atoms with Crippen LogP contribution in [0.4, 0.5) is 4.39 Å². The average molecular weight is 299 g/mol. The van der Waals surface area contributed by atoms with Crippen molar-refractivity contribution < 1.29 is 9.18 Å². The maximum atomic E-state index is 13.6. The molecule has 1 atom stereocenters. The third kappa shape index (κ3) is 3.70. The Morgan fingerprint density at radius 1 is 1.55 bits per heavy atom. The molecule has 0 aliphatic carbocycles. The molecular weight excluding hydrogens is 279 g/mol. The highest BCUT2D eigenvalue weighted by Gasteiger charge is 2.24. The van der Waals surface area contributed by atoms with Gasteiger partial charge in [-0.25, -0.2) is 4.39 Å². The standard InChI is InChI=1S/C15H20ClFN2O/c1-10(2)19-6-5-11(9-19)8-18-15(20)13-7-12(16)3-4-14(13)17/h3-4,7,10-11H,5-6,8-9H2,1-2H3,(H,18,20). The molecular formula is C15H20ClFN2O. The van der Waals surface area contributed by atoms with Crippen molar-refractivity contribution in [3.63, 3.8) is 0 Å². The topological polar surface area (TPSA) is 32.3 Å². The van der Waals surface area contributed by atoms with Crippen molar-refractivity contribution in [1.29, 1.82) is 0 Å². The molecule has 1 amide bonds. The van der Waals surface area contributed by atoms with Crippen molar-refractivity contribution in [2.45, 2.75) is 26.3 Å². The summed E-state index contributed by atoms with van der Waals surface area (Å²) in [6.45, 7) is 6.96. The van der Waals surface area contributed by atoms with E-state index in [1.165, 1.54) is 18.2 Å². The summed E-state index contributed by atoms with van der Waals surface area (Å²) in [7, 11) is 0. The van der Waals surface area contributed by atoms with Crippen LogP contribution in [0.25, 0.3) is 0 Å². The van der Waals surface area contributed by atoms with Crippen molar-refractivity contribution >= 4 is 17.5 Å². The molecule has 1 aromatic rings. The zero-order valence-corrected chi connectivity index (χ0v) is 12.6. The smallest absolute Gasteiger partial charge is 0.254 e. The SMILES string of the molecule is CC(C)N1CCC(CNC(=O)c2cc(Cl)ccc2F)C1. The maximum Gasteiger partial charge on any atom is 0.254 e. The van der Waals surface area contributed by atoms with Crippen LogP contribution in [0.2, 0.25) is 5.02 Å². The van der Waals surface area contributed by atoms with E-state index in [0.29, 0.717) is 23.5 Å². The second kappa shape index (κ2) is 6.55. The summed E-state index contributed by atoms with van der Waals surface area (Å²) >= 11 is 5.79. The number of hydrogen-bond acceptors (Lipinski definition) is 2. The number of rotatable bonds is 4. The quantitative estimate of drug-likeness (QED) is 0.927. The second-order valence-electron chi connectivity index (χ2n) is 5.58.